The summed E-state index contributed by atoms with van der Waals surface area (Å²) < 4.78 is 6.53. The average Bonchev–Trinajstić information content (AvgIpc) is 2.72. The Kier molecular flexibility index (Phi) is 5.48. The van der Waals surface area contributed by atoms with Gasteiger partial charge in [-0.05, 0) is 48.0 Å². The molecule has 0 atom stereocenters. The van der Waals surface area contributed by atoms with Gasteiger partial charge in [0.2, 0.25) is 0 Å². The minimum absolute atomic E-state index is 0.00913. The highest BCUT2D eigenvalue weighted by molar-refractivity contribution is 9.10. The van der Waals surface area contributed by atoms with Crippen LogP contribution in [0.5, 0.6) is 5.75 Å². The van der Waals surface area contributed by atoms with Crippen molar-refractivity contribution in [3.63, 3.8) is 0 Å². The normalized spacial score (nSPS) is 12.7. The summed E-state index contributed by atoms with van der Waals surface area (Å²) in [6.45, 7) is 0.410. The summed E-state index contributed by atoms with van der Waals surface area (Å²) in [4.78, 5) is 26.4. The van der Waals surface area contributed by atoms with E-state index in [0.29, 0.717) is 29.4 Å². The number of halogens is 1. The molecular formula is C22H18BrN3O3. The van der Waals surface area contributed by atoms with E-state index in [2.05, 4.69) is 26.6 Å². The van der Waals surface area contributed by atoms with Gasteiger partial charge < -0.3 is 20.3 Å². The van der Waals surface area contributed by atoms with Gasteiger partial charge in [0.15, 0.2) is 6.61 Å². The summed E-state index contributed by atoms with van der Waals surface area (Å²) in [6, 6.07) is 21.9. The Morgan fingerprint density at radius 1 is 0.966 bits per heavy atom. The van der Waals surface area contributed by atoms with Gasteiger partial charge in [0.05, 0.1) is 12.2 Å². The highest BCUT2D eigenvalue weighted by atomic mass is 79.9. The molecule has 0 radical (unpaired) electrons. The zero-order valence-corrected chi connectivity index (χ0v) is 17.0. The second-order valence-electron chi connectivity index (χ2n) is 6.52. The lowest BCUT2D eigenvalue weighted by Crippen LogP contribution is -2.38. The maximum atomic E-state index is 12.5. The van der Waals surface area contributed by atoms with E-state index in [9.17, 15) is 9.59 Å². The van der Waals surface area contributed by atoms with Crippen molar-refractivity contribution < 1.29 is 14.3 Å². The Hall–Kier alpha value is -3.32. The summed E-state index contributed by atoms with van der Waals surface area (Å²) in [5, 5.41) is 5.57. The van der Waals surface area contributed by atoms with Crippen molar-refractivity contribution in [2.45, 2.75) is 6.54 Å². The molecule has 1 heterocycles. The monoisotopic (exact) mass is 451 g/mol. The van der Waals surface area contributed by atoms with Crippen molar-refractivity contribution in [1.29, 1.82) is 0 Å². The number of urea groups is 1. The molecule has 3 amide bonds. The highest BCUT2D eigenvalue weighted by Crippen LogP contribution is 2.35. The molecule has 146 valence electrons. The molecule has 4 rings (SSSR count). The SMILES string of the molecule is O=C(Nc1ccccc1)Nc1ccc2c(c1)N(Cc1ccc(Br)cc1)C(=O)CO2. The van der Waals surface area contributed by atoms with Crippen LogP contribution in [0.15, 0.2) is 77.3 Å². The van der Waals surface area contributed by atoms with Gasteiger partial charge in [-0.15, -0.1) is 0 Å². The molecule has 0 aromatic heterocycles. The van der Waals surface area contributed by atoms with E-state index in [1.54, 1.807) is 35.2 Å². The number of nitrogens with zero attached hydrogens (tertiary/aromatic N) is 1. The second-order valence-corrected chi connectivity index (χ2v) is 7.44. The predicted molar refractivity (Wildman–Crippen MR) is 116 cm³/mol. The van der Waals surface area contributed by atoms with Crippen LogP contribution in [0, 0.1) is 0 Å². The summed E-state index contributed by atoms with van der Waals surface area (Å²) in [6.07, 6.45) is 0. The summed E-state index contributed by atoms with van der Waals surface area (Å²) in [7, 11) is 0. The number of hydrogen-bond donors (Lipinski definition) is 2. The molecule has 0 saturated carbocycles. The van der Waals surface area contributed by atoms with Crippen LogP contribution in [0.25, 0.3) is 0 Å². The quantitative estimate of drug-likeness (QED) is 0.584. The summed E-state index contributed by atoms with van der Waals surface area (Å²) >= 11 is 3.42. The van der Waals surface area contributed by atoms with Gasteiger partial charge >= 0.3 is 6.03 Å². The number of hydrogen-bond acceptors (Lipinski definition) is 3. The fourth-order valence-electron chi connectivity index (χ4n) is 3.04. The largest absolute Gasteiger partial charge is 0.482 e. The number of nitrogens with one attached hydrogen (secondary N) is 2. The van der Waals surface area contributed by atoms with E-state index >= 15 is 0 Å². The molecule has 0 aliphatic carbocycles. The first-order valence-electron chi connectivity index (χ1n) is 9.03. The van der Waals surface area contributed by atoms with Gasteiger partial charge in [-0.1, -0.05) is 46.3 Å². The van der Waals surface area contributed by atoms with E-state index in [1.807, 2.05) is 42.5 Å². The molecule has 29 heavy (non-hydrogen) atoms. The number of carbonyl (C=O) groups excluding carboxylic acids is 2. The number of rotatable bonds is 4. The molecule has 2 N–H and O–H groups in total. The zero-order valence-electron chi connectivity index (χ0n) is 15.4. The van der Waals surface area contributed by atoms with E-state index in [1.165, 1.54) is 0 Å². The smallest absolute Gasteiger partial charge is 0.323 e. The first kappa shape index (κ1) is 19.0. The molecule has 0 saturated heterocycles. The van der Waals surface area contributed by atoms with Crippen LogP contribution in [0.4, 0.5) is 21.9 Å². The molecule has 0 bridgehead atoms. The third-order valence-electron chi connectivity index (χ3n) is 4.45. The third-order valence-corrected chi connectivity index (χ3v) is 4.97. The van der Waals surface area contributed by atoms with Gasteiger partial charge in [0, 0.05) is 15.8 Å². The minimum Gasteiger partial charge on any atom is -0.482 e. The first-order chi connectivity index (χ1) is 14.1. The van der Waals surface area contributed by atoms with Gasteiger partial charge in [-0.25, -0.2) is 4.79 Å². The Labute approximate surface area is 176 Å². The molecule has 0 spiro atoms. The number of carbonyl (C=O) groups is 2. The van der Waals surface area contributed by atoms with E-state index in [0.717, 1.165) is 10.0 Å². The van der Waals surface area contributed by atoms with Gasteiger partial charge in [0.1, 0.15) is 5.75 Å². The van der Waals surface area contributed by atoms with Crippen molar-refractivity contribution in [2.75, 3.05) is 22.1 Å². The van der Waals surface area contributed by atoms with Crippen molar-refractivity contribution in [1.82, 2.24) is 0 Å². The fraction of sp³-hybridized carbons (Fsp3) is 0.0909. The van der Waals surface area contributed by atoms with Gasteiger partial charge in [0.25, 0.3) is 5.91 Å². The van der Waals surface area contributed by atoms with E-state index < -0.39 is 0 Å². The molecule has 1 aliphatic heterocycles. The Morgan fingerprint density at radius 3 is 2.45 bits per heavy atom. The standard InChI is InChI=1S/C22H18BrN3O3/c23-16-8-6-15(7-9-16)13-26-19-12-18(10-11-20(19)29-14-21(26)27)25-22(28)24-17-4-2-1-3-5-17/h1-12H,13-14H2,(H2,24,25,28). The lowest BCUT2D eigenvalue weighted by atomic mass is 10.1. The molecule has 0 unspecified atom stereocenters. The molecule has 0 fully saturated rings. The summed E-state index contributed by atoms with van der Waals surface area (Å²) in [5.41, 5.74) is 2.88. The number of anilines is 3. The fourth-order valence-corrected chi connectivity index (χ4v) is 3.30. The lowest BCUT2D eigenvalue weighted by molar-refractivity contribution is -0.121. The van der Waals surface area contributed by atoms with Crippen LogP contribution in [0.2, 0.25) is 0 Å². The number of fused-ring (bicyclic) bond motifs is 1. The van der Waals surface area contributed by atoms with Crippen LogP contribution < -0.4 is 20.3 Å². The third kappa shape index (κ3) is 4.57. The molecule has 3 aromatic carbocycles. The van der Waals surface area contributed by atoms with Crippen LogP contribution in [-0.2, 0) is 11.3 Å². The maximum absolute atomic E-state index is 12.5. The molecule has 3 aromatic rings. The lowest BCUT2D eigenvalue weighted by Gasteiger charge is -2.30. The Bertz CT molecular complexity index is 1040. The Morgan fingerprint density at radius 2 is 1.69 bits per heavy atom. The van der Waals surface area contributed by atoms with E-state index in [-0.39, 0.29) is 18.5 Å². The van der Waals surface area contributed by atoms with Crippen LogP contribution >= 0.6 is 15.9 Å². The molecule has 7 heteroatoms. The van der Waals surface area contributed by atoms with Crippen LogP contribution in [-0.4, -0.2) is 18.5 Å². The van der Waals surface area contributed by atoms with E-state index in [4.69, 9.17) is 4.74 Å². The first-order valence-corrected chi connectivity index (χ1v) is 9.82. The minimum atomic E-state index is -0.362. The number of benzene rings is 3. The second kappa shape index (κ2) is 8.36. The van der Waals surface area contributed by atoms with Crippen LogP contribution in [0.3, 0.4) is 0 Å². The van der Waals surface area contributed by atoms with Crippen molar-refractivity contribution in [2.24, 2.45) is 0 Å². The number of ether oxygens (including phenoxy) is 1. The predicted octanol–water partition coefficient (Wildman–Crippen LogP) is 5.02. The molecule has 1 aliphatic rings. The van der Waals surface area contributed by atoms with Crippen molar-refractivity contribution >= 4 is 44.9 Å². The van der Waals surface area contributed by atoms with Crippen molar-refractivity contribution in [3.05, 3.63) is 82.8 Å². The maximum Gasteiger partial charge on any atom is 0.323 e. The Balaban J connectivity index is 1.53. The topological polar surface area (TPSA) is 70.7 Å². The molecular weight excluding hydrogens is 434 g/mol. The van der Waals surface area contributed by atoms with Crippen molar-refractivity contribution in [3.8, 4) is 5.75 Å². The zero-order chi connectivity index (χ0) is 20.2. The number of amides is 3. The van der Waals surface area contributed by atoms with Gasteiger partial charge in [-0.3, -0.25) is 4.79 Å². The summed E-state index contributed by atoms with van der Waals surface area (Å²) in [5.74, 6) is 0.474. The van der Waals surface area contributed by atoms with Gasteiger partial charge in [-0.2, -0.15) is 0 Å². The molecule has 6 nitrogen and oxygen atoms in total. The average molecular weight is 452 g/mol. The van der Waals surface area contributed by atoms with Crippen LogP contribution in [0.1, 0.15) is 5.56 Å². The highest BCUT2D eigenvalue weighted by Gasteiger charge is 2.26. The number of para-hydroxylation sites is 1.